The van der Waals surface area contributed by atoms with E-state index in [9.17, 15) is 4.79 Å². The van der Waals surface area contributed by atoms with Crippen LogP contribution in [0.2, 0.25) is 0 Å². The first kappa shape index (κ1) is 17.8. The molecular weight excluding hydrogens is 362 g/mol. The lowest BCUT2D eigenvalue weighted by Gasteiger charge is -2.27. The van der Waals surface area contributed by atoms with Crippen LogP contribution in [0.1, 0.15) is 13.3 Å². The molecule has 0 aliphatic carbocycles. The van der Waals surface area contributed by atoms with Crippen molar-refractivity contribution in [3.05, 3.63) is 28.7 Å². The number of carbonyl (C=O) groups is 1. The molecule has 4 nitrogen and oxygen atoms in total. The van der Waals surface area contributed by atoms with Gasteiger partial charge in [0.15, 0.2) is 0 Å². The van der Waals surface area contributed by atoms with Crippen LogP contribution in [0.5, 0.6) is 0 Å². The lowest BCUT2D eigenvalue weighted by molar-refractivity contribution is -0.120. The van der Waals surface area contributed by atoms with Crippen LogP contribution in [0.4, 0.5) is 0 Å². The summed E-state index contributed by atoms with van der Waals surface area (Å²) in [4.78, 5) is 15.7. The van der Waals surface area contributed by atoms with Crippen molar-refractivity contribution in [1.82, 2.24) is 15.5 Å². The van der Waals surface area contributed by atoms with Crippen molar-refractivity contribution in [3.63, 3.8) is 0 Å². The van der Waals surface area contributed by atoms with E-state index in [1.807, 2.05) is 31.2 Å². The quantitative estimate of drug-likeness (QED) is 0.558. The van der Waals surface area contributed by atoms with E-state index in [0.29, 0.717) is 0 Å². The molecule has 2 rings (SSSR count). The second-order valence-electron chi connectivity index (χ2n) is 5.45. The van der Waals surface area contributed by atoms with Crippen molar-refractivity contribution < 1.29 is 4.79 Å². The molecule has 2 N–H and O–H groups in total. The van der Waals surface area contributed by atoms with E-state index in [-0.39, 0.29) is 11.2 Å². The molecule has 0 spiro atoms. The normalized spacial score (nSPS) is 17.2. The van der Waals surface area contributed by atoms with Gasteiger partial charge in [0.25, 0.3) is 0 Å². The lowest BCUT2D eigenvalue weighted by Crippen LogP contribution is -2.44. The SMILES string of the molecule is CC(Sc1ccc(Br)cc1)C(=O)NCCCN1CCNCC1. The summed E-state index contributed by atoms with van der Waals surface area (Å²) in [5.74, 6) is 0.119. The molecule has 1 fully saturated rings. The fourth-order valence-electron chi connectivity index (χ4n) is 2.36. The van der Waals surface area contributed by atoms with Gasteiger partial charge in [-0.25, -0.2) is 0 Å². The van der Waals surface area contributed by atoms with E-state index in [0.717, 1.165) is 55.1 Å². The van der Waals surface area contributed by atoms with Crippen LogP contribution < -0.4 is 10.6 Å². The first-order chi connectivity index (χ1) is 10.6. The number of hydrogen-bond donors (Lipinski definition) is 2. The largest absolute Gasteiger partial charge is 0.355 e. The number of hydrogen-bond acceptors (Lipinski definition) is 4. The van der Waals surface area contributed by atoms with Crippen LogP contribution in [0.15, 0.2) is 33.6 Å². The van der Waals surface area contributed by atoms with Gasteiger partial charge in [-0.1, -0.05) is 15.9 Å². The molecule has 0 bridgehead atoms. The molecule has 1 saturated heterocycles. The number of halogens is 1. The molecular formula is C16H24BrN3OS. The van der Waals surface area contributed by atoms with Crippen molar-refractivity contribution in [2.75, 3.05) is 39.3 Å². The Morgan fingerprint density at radius 3 is 2.73 bits per heavy atom. The van der Waals surface area contributed by atoms with E-state index >= 15 is 0 Å². The van der Waals surface area contributed by atoms with Gasteiger partial charge in [-0.2, -0.15) is 0 Å². The maximum absolute atomic E-state index is 12.1. The van der Waals surface area contributed by atoms with E-state index in [4.69, 9.17) is 0 Å². The van der Waals surface area contributed by atoms with Crippen molar-refractivity contribution in [1.29, 1.82) is 0 Å². The fourth-order valence-corrected chi connectivity index (χ4v) is 3.52. The first-order valence-electron chi connectivity index (χ1n) is 7.78. The minimum atomic E-state index is -0.0691. The number of benzene rings is 1. The molecule has 122 valence electrons. The Bertz CT molecular complexity index is 463. The molecule has 1 unspecified atom stereocenters. The summed E-state index contributed by atoms with van der Waals surface area (Å²) in [6.45, 7) is 8.16. The molecule has 0 aromatic heterocycles. The molecule has 1 amide bonds. The average molecular weight is 386 g/mol. The zero-order valence-electron chi connectivity index (χ0n) is 13.0. The number of nitrogens with one attached hydrogen (secondary N) is 2. The topological polar surface area (TPSA) is 44.4 Å². The number of amides is 1. The second-order valence-corrected chi connectivity index (χ2v) is 7.78. The molecule has 22 heavy (non-hydrogen) atoms. The van der Waals surface area contributed by atoms with Crippen LogP contribution in [-0.2, 0) is 4.79 Å². The summed E-state index contributed by atoms with van der Waals surface area (Å²) >= 11 is 5.01. The van der Waals surface area contributed by atoms with Gasteiger partial charge in [-0.15, -0.1) is 11.8 Å². The molecule has 0 saturated carbocycles. The fraction of sp³-hybridized carbons (Fsp3) is 0.562. The van der Waals surface area contributed by atoms with E-state index in [1.165, 1.54) is 0 Å². The van der Waals surface area contributed by atoms with Crippen molar-refractivity contribution in [2.24, 2.45) is 0 Å². The van der Waals surface area contributed by atoms with Crippen molar-refractivity contribution in [3.8, 4) is 0 Å². The van der Waals surface area contributed by atoms with Crippen LogP contribution in [0.25, 0.3) is 0 Å². The monoisotopic (exact) mass is 385 g/mol. The highest BCUT2D eigenvalue weighted by atomic mass is 79.9. The molecule has 1 aliphatic heterocycles. The van der Waals surface area contributed by atoms with E-state index in [2.05, 4.69) is 31.5 Å². The summed E-state index contributed by atoms with van der Waals surface area (Å²) in [6, 6.07) is 8.06. The molecule has 0 radical (unpaired) electrons. The van der Waals surface area contributed by atoms with Gasteiger partial charge in [0.05, 0.1) is 5.25 Å². The summed E-state index contributed by atoms with van der Waals surface area (Å²) in [6.07, 6.45) is 1.02. The third-order valence-corrected chi connectivity index (χ3v) is 5.30. The van der Waals surface area contributed by atoms with Crippen LogP contribution in [0, 0.1) is 0 Å². The van der Waals surface area contributed by atoms with Crippen molar-refractivity contribution in [2.45, 2.75) is 23.5 Å². The Morgan fingerprint density at radius 1 is 1.36 bits per heavy atom. The number of piperazine rings is 1. The Balaban J connectivity index is 1.62. The van der Waals surface area contributed by atoms with Gasteiger partial charge >= 0.3 is 0 Å². The molecule has 1 aromatic rings. The molecule has 6 heteroatoms. The second kappa shape index (κ2) is 9.55. The highest BCUT2D eigenvalue weighted by Gasteiger charge is 2.14. The van der Waals surface area contributed by atoms with Gasteiger partial charge in [0.2, 0.25) is 5.91 Å². The summed E-state index contributed by atoms with van der Waals surface area (Å²) in [7, 11) is 0. The smallest absolute Gasteiger partial charge is 0.233 e. The van der Waals surface area contributed by atoms with Crippen molar-refractivity contribution >= 4 is 33.6 Å². The van der Waals surface area contributed by atoms with Gasteiger partial charge in [0.1, 0.15) is 0 Å². The zero-order chi connectivity index (χ0) is 15.8. The summed E-state index contributed by atoms with van der Waals surface area (Å²) < 4.78 is 1.06. The standard InChI is InChI=1S/C16H24BrN3OS/c1-13(22-15-5-3-14(17)4-6-15)16(21)19-7-2-10-20-11-8-18-9-12-20/h3-6,13,18H,2,7-12H2,1H3,(H,19,21). The Kier molecular flexibility index (Phi) is 7.72. The predicted molar refractivity (Wildman–Crippen MR) is 96.4 cm³/mol. The lowest BCUT2D eigenvalue weighted by atomic mass is 10.3. The molecule has 1 aliphatic rings. The van der Waals surface area contributed by atoms with Crippen LogP contribution >= 0.6 is 27.7 Å². The molecule has 1 atom stereocenters. The van der Waals surface area contributed by atoms with Crippen LogP contribution in [-0.4, -0.2) is 55.3 Å². The van der Waals surface area contributed by atoms with Crippen LogP contribution in [0.3, 0.4) is 0 Å². The Morgan fingerprint density at radius 2 is 2.05 bits per heavy atom. The minimum absolute atomic E-state index is 0.0691. The van der Waals surface area contributed by atoms with E-state index < -0.39 is 0 Å². The summed E-state index contributed by atoms with van der Waals surface area (Å²) in [5.41, 5.74) is 0. The Hall–Kier alpha value is -0.560. The highest BCUT2D eigenvalue weighted by molar-refractivity contribution is 9.10. The van der Waals surface area contributed by atoms with Gasteiger partial charge < -0.3 is 15.5 Å². The van der Waals surface area contributed by atoms with Gasteiger partial charge in [-0.05, 0) is 44.2 Å². The number of rotatable bonds is 7. The molecule has 1 heterocycles. The number of thioether (sulfide) groups is 1. The minimum Gasteiger partial charge on any atom is -0.355 e. The number of carbonyl (C=O) groups excluding carboxylic acids is 1. The first-order valence-corrected chi connectivity index (χ1v) is 9.45. The van der Waals surface area contributed by atoms with E-state index in [1.54, 1.807) is 11.8 Å². The molecule has 1 aromatic carbocycles. The van der Waals surface area contributed by atoms with Gasteiger partial charge in [-0.3, -0.25) is 4.79 Å². The number of nitrogens with zero attached hydrogens (tertiary/aromatic N) is 1. The third kappa shape index (κ3) is 6.28. The average Bonchev–Trinajstić information content (AvgIpc) is 2.54. The maximum atomic E-state index is 12.1. The zero-order valence-corrected chi connectivity index (χ0v) is 15.4. The van der Waals surface area contributed by atoms with Gasteiger partial charge in [0, 0.05) is 42.1 Å². The maximum Gasteiger partial charge on any atom is 0.233 e. The highest BCUT2D eigenvalue weighted by Crippen LogP contribution is 2.24. The summed E-state index contributed by atoms with van der Waals surface area (Å²) in [5, 5.41) is 6.32. The Labute approximate surface area is 145 Å². The predicted octanol–water partition coefficient (Wildman–Crippen LogP) is 2.34. The third-order valence-electron chi connectivity index (χ3n) is 3.66.